The monoisotopic (exact) mass is 206 g/mol. The van der Waals surface area contributed by atoms with Gasteiger partial charge in [0.15, 0.2) is 0 Å². The Morgan fingerprint density at radius 2 is 1.62 bits per heavy atom. The van der Waals surface area contributed by atoms with Gasteiger partial charge in [0.2, 0.25) is 0 Å². The van der Waals surface area contributed by atoms with E-state index in [9.17, 15) is 0 Å². The van der Waals surface area contributed by atoms with E-state index in [2.05, 4.69) is 0 Å². The fraction of sp³-hybridized carbons (Fsp3) is 1.00. The Morgan fingerprint density at radius 1 is 1.08 bits per heavy atom. The number of hydrogen-bond acceptors (Lipinski definition) is 3. The third kappa shape index (κ3) is 8.43. The van der Waals surface area contributed by atoms with Crippen molar-refractivity contribution in [3.63, 3.8) is 0 Å². The Bertz CT molecular complexity index is 140. The fourth-order valence-electron chi connectivity index (χ4n) is 1.14. The van der Waals surface area contributed by atoms with Crippen molar-refractivity contribution in [1.29, 1.82) is 0 Å². The quantitative estimate of drug-likeness (QED) is 0.509. The second-order valence-corrected chi connectivity index (χ2v) is 7.75. The zero-order chi connectivity index (χ0) is 10.5. The number of hydrogen-bond donors (Lipinski definition) is 0. The molecule has 0 rings (SSSR count). The van der Waals surface area contributed by atoms with Gasteiger partial charge in [-0.1, -0.05) is 0 Å². The molecule has 0 aromatic carbocycles. The summed E-state index contributed by atoms with van der Waals surface area (Å²) in [5, 5.41) is 0. The van der Waals surface area contributed by atoms with Gasteiger partial charge in [-0.3, -0.25) is 0 Å². The van der Waals surface area contributed by atoms with Crippen molar-refractivity contribution in [3.8, 4) is 0 Å². The molecule has 0 aliphatic rings. The van der Waals surface area contributed by atoms with Crippen LogP contribution in [-0.2, 0) is 13.6 Å². The van der Waals surface area contributed by atoms with E-state index in [-0.39, 0.29) is 5.60 Å². The molecule has 13 heavy (non-hydrogen) atoms. The molecule has 0 atom stereocenters. The SMILES string of the molecule is COCCO[Si](C)(C)OC(C)(C)C. The number of rotatable bonds is 5. The Morgan fingerprint density at radius 3 is 2.00 bits per heavy atom. The third-order valence-corrected chi connectivity index (χ3v) is 3.29. The molecule has 3 nitrogen and oxygen atoms in total. The van der Waals surface area contributed by atoms with E-state index in [1.807, 2.05) is 33.9 Å². The molecule has 4 heteroatoms. The lowest BCUT2D eigenvalue weighted by atomic mass is 10.2. The highest BCUT2D eigenvalue weighted by atomic mass is 28.4. The minimum absolute atomic E-state index is 0.122. The average molecular weight is 206 g/mol. The average Bonchev–Trinajstić information content (AvgIpc) is 1.81. The maximum Gasteiger partial charge on any atom is 0.332 e. The summed E-state index contributed by atoms with van der Waals surface area (Å²) in [6.45, 7) is 11.5. The van der Waals surface area contributed by atoms with Crippen LogP contribution in [-0.4, -0.2) is 34.5 Å². The first-order valence-corrected chi connectivity index (χ1v) is 7.41. The van der Waals surface area contributed by atoms with E-state index in [1.54, 1.807) is 7.11 Å². The van der Waals surface area contributed by atoms with E-state index in [0.717, 1.165) is 0 Å². The van der Waals surface area contributed by atoms with Crippen molar-refractivity contribution in [3.05, 3.63) is 0 Å². The maximum atomic E-state index is 5.83. The largest absolute Gasteiger partial charge is 0.392 e. The van der Waals surface area contributed by atoms with Crippen molar-refractivity contribution in [2.24, 2.45) is 0 Å². The lowest BCUT2D eigenvalue weighted by molar-refractivity contribution is 0.0550. The second-order valence-electron chi connectivity index (χ2n) is 4.46. The molecule has 0 N–H and O–H groups in total. The minimum Gasteiger partial charge on any atom is -0.392 e. The molecular weight excluding hydrogens is 184 g/mol. The smallest absolute Gasteiger partial charge is 0.332 e. The second kappa shape index (κ2) is 5.10. The first-order valence-electron chi connectivity index (χ1n) is 4.60. The highest BCUT2D eigenvalue weighted by Gasteiger charge is 2.30. The summed E-state index contributed by atoms with van der Waals surface area (Å²) in [6, 6.07) is 0. The fourth-order valence-corrected chi connectivity index (χ4v) is 3.25. The van der Waals surface area contributed by atoms with Crippen LogP contribution in [0.25, 0.3) is 0 Å². The van der Waals surface area contributed by atoms with Crippen molar-refractivity contribution in [2.75, 3.05) is 20.3 Å². The van der Waals surface area contributed by atoms with Crippen LogP contribution in [0.3, 0.4) is 0 Å². The molecule has 0 aromatic heterocycles. The summed E-state index contributed by atoms with van der Waals surface area (Å²) in [5.41, 5.74) is -0.122. The molecule has 0 saturated carbocycles. The predicted molar refractivity (Wildman–Crippen MR) is 56.1 cm³/mol. The molecule has 80 valence electrons. The molecule has 0 unspecified atom stereocenters. The third-order valence-electron chi connectivity index (χ3n) is 1.29. The first-order chi connectivity index (χ1) is 5.77. The van der Waals surface area contributed by atoms with Gasteiger partial charge in [-0.15, -0.1) is 0 Å². The maximum absolute atomic E-state index is 5.83. The zero-order valence-electron chi connectivity index (χ0n) is 9.64. The molecule has 0 aliphatic carbocycles. The summed E-state index contributed by atoms with van der Waals surface area (Å²) in [5.74, 6) is 0. The van der Waals surface area contributed by atoms with Crippen LogP contribution < -0.4 is 0 Å². The summed E-state index contributed by atoms with van der Waals surface area (Å²) in [4.78, 5) is 0. The van der Waals surface area contributed by atoms with Crippen molar-refractivity contribution in [2.45, 2.75) is 39.5 Å². The van der Waals surface area contributed by atoms with Crippen LogP contribution >= 0.6 is 0 Å². The van der Waals surface area contributed by atoms with Gasteiger partial charge in [0, 0.05) is 7.11 Å². The van der Waals surface area contributed by atoms with E-state index in [1.165, 1.54) is 0 Å². The normalized spacial score (nSPS) is 13.4. The highest BCUT2D eigenvalue weighted by molar-refractivity contribution is 6.64. The van der Waals surface area contributed by atoms with Crippen LogP contribution in [0.1, 0.15) is 20.8 Å². The summed E-state index contributed by atoms with van der Waals surface area (Å²) in [6.07, 6.45) is 0. The lowest BCUT2D eigenvalue weighted by Gasteiger charge is -2.31. The molecule has 0 radical (unpaired) electrons. The van der Waals surface area contributed by atoms with Gasteiger partial charge in [0.05, 0.1) is 18.8 Å². The summed E-state index contributed by atoms with van der Waals surface area (Å²) in [7, 11) is -0.287. The Labute approximate surface area is 82.6 Å². The van der Waals surface area contributed by atoms with Gasteiger partial charge in [0.25, 0.3) is 0 Å². The topological polar surface area (TPSA) is 27.7 Å². The van der Waals surface area contributed by atoms with E-state index >= 15 is 0 Å². The first kappa shape index (κ1) is 13.1. The van der Waals surface area contributed by atoms with E-state index < -0.39 is 8.56 Å². The lowest BCUT2D eigenvalue weighted by Crippen LogP contribution is -2.42. The summed E-state index contributed by atoms with van der Waals surface area (Å²) >= 11 is 0. The number of methoxy groups -OCH3 is 1. The van der Waals surface area contributed by atoms with Crippen molar-refractivity contribution < 1.29 is 13.6 Å². The Kier molecular flexibility index (Phi) is 5.13. The Balaban J connectivity index is 3.80. The molecule has 0 amide bonds. The van der Waals surface area contributed by atoms with Crippen LogP contribution in [0.4, 0.5) is 0 Å². The highest BCUT2D eigenvalue weighted by Crippen LogP contribution is 2.17. The predicted octanol–water partition coefficient (Wildman–Crippen LogP) is 2.17. The molecule has 0 aromatic rings. The van der Waals surface area contributed by atoms with Crippen LogP contribution in [0.15, 0.2) is 0 Å². The number of ether oxygens (including phenoxy) is 1. The van der Waals surface area contributed by atoms with Crippen LogP contribution in [0.2, 0.25) is 13.1 Å². The van der Waals surface area contributed by atoms with Crippen LogP contribution in [0, 0.1) is 0 Å². The standard InChI is InChI=1S/C9H22O3Si/c1-9(2,3)12-13(5,6)11-8-7-10-4/h7-8H2,1-6H3. The van der Waals surface area contributed by atoms with Crippen molar-refractivity contribution >= 4 is 8.56 Å². The van der Waals surface area contributed by atoms with Gasteiger partial charge in [-0.25, -0.2) is 0 Å². The van der Waals surface area contributed by atoms with Gasteiger partial charge in [0.1, 0.15) is 0 Å². The minimum atomic E-state index is -1.96. The van der Waals surface area contributed by atoms with Gasteiger partial charge in [-0.05, 0) is 33.9 Å². The van der Waals surface area contributed by atoms with Gasteiger partial charge in [-0.2, -0.15) is 0 Å². The van der Waals surface area contributed by atoms with E-state index in [0.29, 0.717) is 13.2 Å². The molecule has 0 bridgehead atoms. The van der Waals surface area contributed by atoms with Crippen LogP contribution in [0.5, 0.6) is 0 Å². The molecule has 0 fully saturated rings. The molecule has 0 spiro atoms. The van der Waals surface area contributed by atoms with Gasteiger partial charge >= 0.3 is 8.56 Å². The van der Waals surface area contributed by atoms with Crippen molar-refractivity contribution in [1.82, 2.24) is 0 Å². The molecule has 0 aliphatic heterocycles. The molecule has 0 heterocycles. The molecular formula is C9H22O3Si. The van der Waals surface area contributed by atoms with E-state index in [4.69, 9.17) is 13.6 Å². The molecule has 0 saturated heterocycles. The summed E-state index contributed by atoms with van der Waals surface area (Å²) < 4.78 is 16.4. The zero-order valence-corrected chi connectivity index (χ0v) is 10.6. The Hall–Kier alpha value is 0.0969. The van der Waals surface area contributed by atoms with Gasteiger partial charge < -0.3 is 13.6 Å².